The molecule has 0 radical (unpaired) electrons. The number of sulfonamides is 1. The molecule has 0 saturated carbocycles. The zero-order valence-corrected chi connectivity index (χ0v) is 24.9. The standard InChI is InChI=1S/C28H30Cl3N3O4S/c1-4-19(2)32-28(36)20(3)33(17-22-23(29)14-10-15-24(22)30)27(35)18-34(26-16-9-8-13-25(26)31)39(37,38)21-11-6-5-7-12-21/h5-16,19-20H,4,17-18H2,1-3H3,(H,32,36)/t19-,20+/m0/s1. The van der Waals surface area contributed by atoms with Gasteiger partial charge in [-0.15, -0.1) is 0 Å². The second-order valence-electron chi connectivity index (χ2n) is 8.99. The highest BCUT2D eigenvalue weighted by Gasteiger charge is 2.34. The fraction of sp³-hybridized carbons (Fsp3) is 0.286. The van der Waals surface area contributed by atoms with Crippen molar-refractivity contribution in [3.05, 3.63) is 93.4 Å². The lowest BCUT2D eigenvalue weighted by Gasteiger charge is -2.33. The van der Waals surface area contributed by atoms with Gasteiger partial charge in [0.05, 0.1) is 15.6 Å². The van der Waals surface area contributed by atoms with Crippen molar-refractivity contribution in [1.82, 2.24) is 10.2 Å². The zero-order chi connectivity index (χ0) is 28.7. The Balaban J connectivity index is 2.07. The molecule has 2 atom stereocenters. The van der Waals surface area contributed by atoms with Crippen LogP contribution in [-0.4, -0.2) is 43.8 Å². The number of anilines is 1. The molecule has 0 aromatic heterocycles. The molecule has 11 heteroatoms. The van der Waals surface area contributed by atoms with Crippen molar-refractivity contribution in [1.29, 1.82) is 0 Å². The second kappa shape index (κ2) is 13.5. The van der Waals surface area contributed by atoms with Crippen molar-refractivity contribution >= 4 is 62.3 Å². The van der Waals surface area contributed by atoms with Crippen LogP contribution in [0.3, 0.4) is 0 Å². The van der Waals surface area contributed by atoms with Crippen molar-refractivity contribution in [2.24, 2.45) is 0 Å². The first-order valence-electron chi connectivity index (χ1n) is 12.3. The predicted octanol–water partition coefficient (Wildman–Crippen LogP) is 6.17. The number of amides is 2. The molecular formula is C28H30Cl3N3O4S. The maximum absolute atomic E-state index is 14.0. The normalized spacial score (nSPS) is 12.9. The molecule has 0 spiro atoms. The van der Waals surface area contributed by atoms with Crippen LogP contribution in [0.25, 0.3) is 0 Å². The summed E-state index contributed by atoms with van der Waals surface area (Å²) in [5.41, 5.74) is 0.566. The number of para-hydroxylation sites is 1. The van der Waals surface area contributed by atoms with Crippen LogP contribution in [-0.2, 0) is 26.2 Å². The van der Waals surface area contributed by atoms with Gasteiger partial charge in [0.1, 0.15) is 12.6 Å². The number of halogens is 3. The van der Waals surface area contributed by atoms with Crippen molar-refractivity contribution in [3.8, 4) is 0 Å². The van der Waals surface area contributed by atoms with Crippen LogP contribution in [0.2, 0.25) is 15.1 Å². The first-order valence-corrected chi connectivity index (χ1v) is 14.9. The van der Waals surface area contributed by atoms with E-state index in [2.05, 4.69) is 5.32 Å². The summed E-state index contributed by atoms with van der Waals surface area (Å²) >= 11 is 19.2. The Morgan fingerprint density at radius 1 is 0.846 bits per heavy atom. The van der Waals surface area contributed by atoms with Gasteiger partial charge in [-0.1, -0.05) is 78.1 Å². The molecule has 2 amide bonds. The van der Waals surface area contributed by atoms with E-state index in [1.165, 1.54) is 23.1 Å². The van der Waals surface area contributed by atoms with Gasteiger partial charge in [-0.05, 0) is 56.7 Å². The molecule has 7 nitrogen and oxygen atoms in total. The number of rotatable bonds is 11. The molecule has 208 valence electrons. The predicted molar refractivity (Wildman–Crippen MR) is 157 cm³/mol. The average Bonchev–Trinajstić information content (AvgIpc) is 2.92. The lowest BCUT2D eigenvalue weighted by molar-refractivity contribution is -0.139. The highest BCUT2D eigenvalue weighted by atomic mass is 35.5. The molecular weight excluding hydrogens is 581 g/mol. The molecule has 0 fully saturated rings. The third-order valence-corrected chi connectivity index (χ3v) is 9.09. The van der Waals surface area contributed by atoms with Gasteiger partial charge in [-0.25, -0.2) is 8.42 Å². The fourth-order valence-electron chi connectivity index (χ4n) is 3.79. The summed E-state index contributed by atoms with van der Waals surface area (Å²) in [6.07, 6.45) is 0.693. The van der Waals surface area contributed by atoms with Gasteiger partial charge in [0.25, 0.3) is 10.0 Å². The van der Waals surface area contributed by atoms with Crippen LogP contribution >= 0.6 is 34.8 Å². The average molecular weight is 611 g/mol. The van der Waals surface area contributed by atoms with Crippen LogP contribution in [0.5, 0.6) is 0 Å². The first kappa shape index (κ1) is 30.8. The van der Waals surface area contributed by atoms with Crippen LogP contribution in [0.4, 0.5) is 5.69 Å². The van der Waals surface area contributed by atoms with Crippen molar-refractivity contribution < 1.29 is 18.0 Å². The number of carbonyl (C=O) groups is 2. The minimum Gasteiger partial charge on any atom is -0.352 e. The molecule has 0 aliphatic heterocycles. The van der Waals surface area contributed by atoms with E-state index in [0.29, 0.717) is 22.0 Å². The quantitative estimate of drug-likeness (QED) is 0.281. The van der Waals surface area contributed by atoms with E-state index in [1.54, 1.807) is 61.5 Å². The lowest BCUT2D eigenvalue weighted by atomic mass is 10.1. The van der Waals surface area contributed by atoms with Gasteiger partial charge < -0.3 is 10.2 Å². The highest BCUT2D eigenvalue weighted by Crippen LogP contribution is 2.31. The van der Waals surface area contributed by atoms with Gasteiger partial charge in [0.15, 0.2) is 0 Å². The molecule has 3 aromatic rings. The number of carbonyl (C=O) groups excluding carboxylic acids is 2. The Morgan fingerprint density at radius 3 is 2.00 bits per heavy atom. The molecule has 1 N–H and O–H groups in total. The van der Waals surface area contributed by atoms with Gasteiger partial charge >= 0.3 is 0 Å². The summed E-state index contributed by atoms with van der Waals surface area (Å²) < 4.78 is 28.5. The number of hydrogen-bond donors (Lipinski definition) is 1. The minimum absolute atomic E-state index is 0.0130. The second-order valence-corrected chi connectivity index (χ2v) is 12.1. The monoisotopic (exact) mass is 609 g/mol. The third kappa shape index (κ3) is 7.45. The summed E-state index contributed by atoms with van der Waals surface area (Å²) in [6.45, 7) is 4.62. The van der Waals surface area contributed by atoms with E-state index < -0.39 is 34.4 Å². The number of benzene rings is 3. The van der Waals surface area contributed by atoms with Crippen LogP contribution in [0.1, 0.15) is 32.8 Å². The summed E-state index contributed by atoms with van der Waals surface area (Å²) in [5, 5.41) is 3.65. The molecule has 0 heterocycles. The third-order valence-electron chi connectivity index (χ3n) is 6.29. The van der Waals surface area contributed by atoms with Crippen LogP contribution < -0.4 is 9.62 Å². The Morgan fingerprint density at radius 2 is 1.41 bits per heavy atom. The maximum Gasteiger partial charge on any atom is 0.264 e. The van der Waals surface area contributed by atoms with E-state index in [9.17, 15) is 18.0 Å². The molecule has 3 rings (SSSR count). The van der Waals surface area contributed by atoms with Gasteiger partial charge in [-0.3, -0.25) is 13.9 Å². The molecule has 0 bridgehead atoms. The highest BCUT2D eigenvalue weighted by molar-refractivity contribution is 7.92. The van der Waals surface area contributed by atoms with E-state index in [-0.39, 0.29) is 28.2 Å². The van der Waals surface area contributed by atoms with Gasteiger partial charge in [0, 0.05) is 28.2 Å². The smallest absolute Gasteiger partial charge is 0.264 e. The molecule has 0 unspecified atom stereocenters. The molecule has 0 aliphatic rings. The van der Waals surface area contributed by atoms with Crippen molar-refractivity contribution in [2.75, 3.05) is 10.8 Å². The Kier molecular flexibility index (Phi) is 10.7. The van der Waals surface area contributed by atoms with E-state index in [4.69, 9.17) is 34.8 Å². The maximum atomic E-state index is 14.0. The van der Waals surface area contributed by atoms with E-state index in [0.717, 1.165) is 4.31 Å². The number of nitrogens with one attached hydrogen (secondary N) is 1. The van der Waals surface area contributed by atoms with Crippen LogP contribution in [0, 0.1) is 0 Å². The summed E-state index contributed by atoms with van der Waals surface area (Å²) in [5.74, 6) is -1.03. The van der Waals surface area contributed by atoms with Gasteiger partial charge in [-0.2, -0.15) is 0 Å². The fourth-order valence-corrected chi connectivity index (χ4v) is 6.05. The Bertz CT molecular complexity index is 1400. The number of nitrogens with zero attached hydrogens (tertiary/aromatic N) is 2. The lowest BCUT2D eigenvalue weighted by Crippen LogP contribution is -2.52. The Labute approximate surface area is 244 Å². The summed E-state index contributed by atoms with van der Waals surface area (Å²) in [7, 11) is -4.21. The van der Waals surface area contributed by atoms with Gasteiger partial charge in [0.2, 0.25) is 11.8 Å². The first-order chi connectivity index (χ1) is 18.5. The van der Waals surface area contributed by atoms with E-state index >= 15 is 0 Å². The molecule has 0 aliphatic carbocycles. The van der Waals surface area contributed by atoms with Crippen LogP contribution in [0.15, 0.2) is 77.7 Å². The largest absolute Gasteiger partial charge is 0.352 e. The SMILES string of the molecule is CC[C@H](C)NC(=O)[C@@H](C)N(Cc1c(Cl)cccc1Cl)C(=O)CN(c1ccccc1Cl)S(=O)(=O)c1ccccc1. The molecule has 0 saturated heterocycles. The topological polar surface area (TPSA) is 86.8 Å². The zero-order valence-electron chi connectivity index (χ0n) is 21.8. The summed E-state index contributed by atoms with van der Waals surface area (Å²) in [6, 6.07) is 17.9. The van der Waals surface area contributed by atoms with Crippen molar-refractivity contribution in [3.63, 3.8) is 0 Å². The van der Waals surface area contributed by atoms with Crippen molar-refractivity contribution in [2.45, 2.75) is 50.7 Å². The van der Waals surface area contributed by atoms with E-state index in [1.807, 2.05) is 13.8 Å². The number of hydrogen-bond acceptors (Lipinski definition) is 4. The Hall–Kier alpha value is -2.78. The summed E-state index contributed by atoms with van der Waals surface area (Å²) in [4.78, 5) is 28.3. The molecule has 39 heavy (non-hydrogen) atoms. The molecule has 3 aromatic carbocycles. The minimum atomic E-state index is -4.21.